The highest BCUT2D eigenvalue weighted by Crippen LogP contribution is 2.23. The third-order valence-electron chi connectivity index (χ3n) is 3.53. The van der Waals surface area contributed by atoms with Gasteiger partial charge in [0, 0.05) is 18.9 Å². The predicted octanol–water partition coefficient (Wildman–Crippen LogP) is 5.42. The minimum atomic E-state index is 0.738. The van der Waals surface area contributed by atoms with E-state index in [1.54, 1.807) is 0 Å². The van der Waals surface area contributed by atoms with Gasteiger partial charge in [-0.2, -0.15) is 0 Å². The van der Waals surface area contributed by atoms with E-state index in [1.807, 2.05) is 12.4 Å². The van der Waals surface area contributed by atoms with Crippen molar-refractivity contribution < 1.29 is 0 Å². The van der Waals surface area contributed by atoms with E-state index in [0.29, 0.717) is 0 Å². The first-order valence-corrected chi connectivity index (χ1v) is 7.27. The molecular formula is C19H22N2. The van der Waals surface area contributed by atoms with Crippen molar-refractivity contribution in [2.75, 3.05) is 0 Å². The summed E-state index contributed by atoms with van der Waals surface area (Å²) in [5, 5.41) is 0. The number of benzene rings is 2. The first-order chi connectivity index (χ1) is 10.1. The number of para-hydroxylation sites is 2. The Morgan fingerprint density at radius 1 is 0.667 bits per heavy atom. The molecule has 0 heterocycles. The van der Waals surface area contributed by atoms with E-state index in [4.69, 9.17) is 0 Å². The molecule has 0 aliphatic heterocycles. The summed E-state index contributed by atoms with van der Waals surface area (Å²) >= 11 is 0. The zero-order valence-corrected chi connectivity index (χ0v) is 13.2. The van der Waals surface area contributed by atoms with Crippen LogP contribution >= 0.6 is 0 Å². The molecule has 0 radical (unpaired) electrons. The monoisotopic (exact) mass is 278 g/mol. The SMILES string of the molecule is Cc1cccc(C)c1N=CCC=Nc1c(C)cccc1C. The number of aliphatic imine (C=N–C) groups is 2. The molecule has 0 unspecified atom stereocenters. The Hall–Kier alpha value is -2.22. The molecule has 0 saturated carbocycles. The lowest BCUT2D eigenvalue weighted by molar-refractivity contribution is 1.32. The summed E-state index contributed by atoms with van der Waals surface area (Å²) in [4.78, 5) is 9.13. The Kier molecular flexibility index (Phi) is 5.04. The normalized spacial score (nSPS) is 11.6. The van der Waals surface area contributed by atoms with E-state index in [2.05, 4.69) is 74.1 Å². The third-order valence-corrected chi connectivity index (χ3v) is 3.53. The number of rotatable bonds is 4. The Balaban J connectivity index is 2.04. The summed E-state index contributed by atoms with van der Waals surface area (Å²) in [5.74, 6) is 0. The van der Waals surface area contributed by atoms with E-state index >= 15 is 0 Å². The fourth-order valence-corrected chi connectivity index (χ4v) is 2.35. The van der Waals surface area contributed by atoms with Crippen molar-refractivity contribution in [3.05, 3.63) is 58.7 Å². The summed E-state index contributed by atoms with van der Waals surface area (Å²) in [7, 11) is 0. The molecule has 0 spiro atoms. The number of hydrogen-bond acceptors (Lipinski definition) is 2. The van der Waals surface area contributed by atoms with Crippen molar-refractivity contribution in [3.8, 4) is 0 Å². The lowest BCUT2D eigenvalue weighted by atomic mass is 10.1. The molecular weight excluding hydrogens is 256 g/mol. The average Bonchev–Trinajstić information content (AvgIpc) is 2.44. The van der Waals surface area contributed by atoms with Crippen LogP contribution in [0.3, 0.4) is 0 Å². The fourth-order valence-electron chi connectivity index (χ4n) is 2.35. The Labute approximate surface area is 127 Å². The van der Waals surface area contributed by atoms with Gasteiger partial charge in [-0.1, -0.05) is 36.4 Å². The van der Waals surface area contributed by atoms with Gasteiger partial charge in [0.2, 0.25) is 0 Å². The molecule has 0 aromatic heterocycles. The molecule has 0 atom stereocenters. The van der Waals surface area contributed by atoms with Crippen molar-refractivity contribution in [1.82, 2.24) is 0 Å². The molecule has 0 amide bonds. The molecule has 0 saturated heterocycles. The highest BCUT2D eigenvalue weighted by Gasteiger charge is 1.99. The first kappa shape index (κ1) is 15.2. The van der Waals surface area contributed by atoms with Gasteiger partial charge in [0.05, 0.1) is 11.4 Å². The number of nitrogens with zero attached hydrogens (tertiary/aromatic N) is 2. The van der Waals surface area contributed by atoms with Gasteiger partial charge < -0.3 is 0 Å². The van der Waals surface area contributed by atoms with E-state index in [9.17, 15) is 0 Å². The van der Waals surface area contributed by atoms with E-state index in [1.165, 1.54) is 22.3 Å². The van der Waals surface area contributed by atoms with Gasteiger partial charge in [-0.3, -0.25) is 9.98 Å². The van der Waals surface area contributed by atoms with Gasteiger partial charge in [0.1, 0.15) is 0 Å². The van der Waals surface area contributed by atoms with Gasteiger partial charge in [-0.15, -0.1) is 0 Å². The summed E-state index contributed by atoms with van der Waals surface area (Å²) in [6.45, 7) is 8.35. The molecule has 2 heteroatoms. The van der Waals surface area contributed by atoms with Gasteiger partial charge in [-0.05, 0) is 49.9 Å². The molecule has 0 aliphatic carbocycles. The fraction of sp³-hybridized carbons (Fsp3) is 0.263. The molecule has 0 aliphatic rings. The minimum Gasteiger partial charge on any atom is -0.260 e. The van der Waals surface area contributed by atoms with Crippen LogP contribution in [0, 0.1) is 27.7 Å². The van der Waals surface area contributed by atoms with E-state index < -0.39 is 0 Å². The quantitative estimate of drug-likeness (QED) is 0.668. The van der Waals surface area contributed by atoms with Crippen molar-refractivity contribution in [1.29, 1.82) is 0 Å². The van der Waals surface area contributed by atoms with Crippen LogP contribution in [-0.4, -0.2) is 12.4 Å². The van der Waals surface area contributed by atoms with Gasteiger partial charge in [-0.25, -0.2) is 0 Å². The Morgan fingerprint density at radius 2 is 1.00 bits per heavy atom. The van der Waals surface area contributed by atoms with Gasteiger partial charge in [0.25, 0.3) is 0 Å². The molecule has 0 bridgehead atoms. The molecule has 108 valence electrons. The molecule has 2 aromatic carbocycles. The second-order valence-electron chi connectivity index (χ2n) is 5.34. The lowest BCUT2D eigenvalue weighted by Crippen LogP contribution is -1.84. The van der Waals surface area contributed by atoms with Crippen molar-refractivity contribution in [3.63, 3.8) is 0 Å². The van der Waals surface area contributed by atoms with Crippen molar-refractivity contribution in [2.45, 2.75) is 34.1 Å². The van der Waals surface area contributed by atoms with Crippen molar-refractivity contribution in [2.24, 2.45) is 9.98 Å². The summed E-state index contributed by atoms with van der Waals surface area (Å²) in [6, 6.07) is 12.5. The first-order valence-electron chi connectivity index (χ1n) is 7.27. The molecule has 2 rings (SSSR count). The Morgan fingerprint density at radius 3 is 1.33 bits per heavy atom. The second kappa shape index (κ2) is 6.98. The minimum absolute atomic E-state index is 0.738. The standard InChI is InChI=1S/C19H22N2/c1-14-8-5-9-15(2)18(14)20-12-7-13-21-19-16(3)10-6-11-17(19)4/h5-6,8-13H,7H2,1-4H3. The average molecular weight is 278 g/mol. The van der Waals surface area contributed by atoms with Crippen LogP contribution < -0.4 is 0 Å². The second-order valence-corrected chi connectivity index (χ2v) is 5.34. The van der Waals surface area contributed by atoms with Crippen LogP contribution in [0.2, 0.25) is 0 Å². The Bertz CT molecular complexity index is 582. The lowest BCUT2D eigenvalue weighted by Gasteiger charge is -2.03. The third kappa shape index (κ3) is 3.88. The van der Waals surface area contributed by atoms with E-state index in [-0.39, 0.29) is 0 Å². The highest BCUT2D eigenvalue weighted by molar-refractivity contribution is 5.83. The maximum Gasteiger partial charge on any atom is 0.0684 e. The molecule has 0 N–H and O–H groups in total. The van der Waals surface area contributed by atoms with Crippen LogP contribution in [0.1, 0.15) is 28.7 Å². The zero-order valence-electron chi connectivity index (χ0n) is 13.2. The molecule has 0 fully saturated rings. The van der Waals surface area contributed by atoms with Crippen molar-refractivity contribution >= 4 is 23.8 Å². The van der Waals surface area contributed by atoms with Gasteiger partial charge in [0.15, 0.2) is 0 Å². The van der Waals surface area contributed by atoms with Crippen LogP contribution in [0.4, 0.5) is 11.4 Å². The van der Waals surface area contributed by atoms with Crippen LogP contribution in [-0.2, 0) is 0 Å². The molecule has 2 aromatic rings. The maximum absolute atomic E-state index is 4.57. The molecule has 21 heavy (non-hydrogen) atoms. The highest BCUT2D eigenvalue weighted by atomic mass is 14.7. The summed E-state index contributed by atoms with van der Waals surface area (Å²) in [6.07, 6.45) is 4.58. The maximum atomic E-state index is 4.57. The topological polar surface area (TPSA) is 24.7 Å². The molecule has 2 nitrogen and oxygen atoms in total. The van der Waals surface area contributed by atoms with Crippen LogP contribution in [0.5, 0.6) is 0 Å². The number of aryl methyl sites for hydroxylation is 4. The van der Waals surface area contributed by atoms with Crippen LogP contribution in [0.25, 0.3) is 0 Å². The smallest absolute Gasteiger partial charge is 0.0684 e. The number of hydrogen-bond donors (Lipinski definition) is 0. The van der Waals surface area contributed by atoms with Crippen LogP contribution in [0.15, 0.2) is 46.4 Å². The summed E-state index contributed by atoms with van der Waals surface area (Å²) in [5.41, 5.74) is 6.96. The summed E-state index contributed by atoms with van der Waals surface area (Å²) < 4.78 is 0. The zero-order chi connectivity index (χ0) is 15.2. The van der Waals surface area contributed by atoms with Gasteiger partial charge >= 0.3 is 0 Å². The largest absolute Gasteiger partial charge is 0.260 e. The predicted molar refractivity (Wildman–Crippen MR) is 92.8 cm³/mol. The van der Waals surface area contributed by atoms with E-state index in [0.717, 1.165) is 17.8 Å².